The van der Waals surface area contributed by atoms with Gasteiger partial charge in [0.25, 0.3) is 0 Å². The van der Waals surface area contributed by atoms with Gasteiger partial charge in [0.05, 0.1) is 23.0 Å². The van der Waals surface area contributed by atoms with E-state index in [0.717, 1.165) is 6.07 Å². The van der Waals surface area contributed by atoms with E-state index >= 15 is 0 Å². The van der Waals surface area contributed by atoms with Crippen molar-refractivity contribution < 1.29 is 31.2 Å². The zero-order valence-electron chi connectivity index (χ0n) is 16.6. The van der Waals surface area contributed by atoms with Crippen LogP contribution in [0.4, 0.5) is 18.9 Å². The number of carbonyl (C=O) groups excluding carboxylic acids is 2. The molecule has 1 aliphatic rings. The number of anilines is 1. The molecular weight excluding hydrogens is 471 g/mol. The van der Waals surface area contributed by atoms with Gasteiger partial charge in [-0.3, -0.25) is 9.59 Å². The zero-order valence-corrected chi connectivity index (χ0v) is 18.1. The molecule has 0 saturated carbocycles. The smallest absolute Gasteiger partial charge is 0.243 e. The summed E-state index contributed by atoms with van der Waals surface area (Å²) < 4.78 is 66.7. The van der Waals surface area contributed by atoms with Gasteiger partial charge in [0.2, 0.25) is 21.8 Å². The second-order valence-corrected chi connectivity index (χ2v) is 9.52. The first-order valence-electron chi connectivity index (χ1n) is 9.56. The quantitative estimate of drug-likeness (QED) is 0.610. The van der Waals surface area contributed by atoms with Crippen molar-refractivity contribution in [1.82, 2.24) is 9.62 Å². The van der Waals surface area contributed by atoms with Crippen LogP contribution in [-0.2, 0) is 19.6 Å². The lowest BCUT2D eigenvalue weighted by molar-refractivity contribution is -0.128. The number of piperidine rings is 1. The van der Waals surface area contributed by atoms with Crippen molar-refractivity contribution in [2.45, 2.75) is 17.7 Å². The zero-order chi connectivity index (χ0) is 23.5. The normalized spacial score (nSPS) is 17.1. The van der Waals surface area contributed by atoms with E-state index < -0.39 is 57.4 Å². The minimum Gasteiger partial charge on any atom is -0.347 e. The Bertz CT molecular complexity index is 1130. The van der Waals surface area contributed by atoms with Crippen molar-refractivity contribution >= 4 is 39.1 Å². The predicted octanol–water partition coefficient (Wildman–Crippen LogP) is 2.91. The third kappa shape index (κ3) is 5.40. The molecule has 2 aromatic rings. The number of benzene rings is 2. The molecule has 2 N–H and O–H groups in total. The van der Waals surface area contributed by atoms with Crippen LogP contribution >= 0.6 is 11.6 Å². The van der Waals surface area contributed by atoms with E-state index in [0.29, 0.717) is 23.9 Å². The molecule has 1 saturated heterocycles. The number of sulfonamides is 1. The Morgan fingerprint density at radius 3 is 2.44 bits per heavy atom. The highest BCUT2D eigenvalue weighted by molar-refractivity contribution is 7.89. The number of halogens is 4. The number of nitrogens with zero attached hydrogens (tertiary/aromatic N) is 1. The van der Waals surface area contributed by atoms with Crippen LogP contribution in [0.1, 0.15) is 12.8 Å². The number of nitrogens with one attached hydrogen (secondary N) is 2. The summed E-state index contributed by atoms with van der Waals surface area (Å²) in [7, 11) is -3.82. The summed E-state index contributed by atoms with van der Waals surface area (Å²) in [5.41, 5.74) is -0.568. The summed E-state index contributed by atoms with van der Waals surface area (Å²) in [6.07, 6.45) is 0.856. The third-order valence-electron chi connectivity index (χ3n) is 4.94. The lowest BCUT2D eigenvalue weighted by atomic mass is 9.99. The largest absolute Gasteiger partial charge is 0.347 e. The average Bonchev–Trinajstić information content (AvgIpc) is 2.78. The van der Waals surface area contributed by atoms with Gasteiger partial charge >= 0.3 is 0 Å². The molecule has 32 heavy (non-hydrogen) atoms. The molecule has 0 bridgehead atoms. The molecule has 1 heterocycles. The maximum absolute atomic E-state index is 13.6. The summed E-state index contributed by atoms with van der Waals surface area (Å²) in [5.74, 6) is -6.79. The van der Waals surface area contributed by atoms with Gasteiger partial charge in [-0.25, -0.2) is 21.6 Å². The number of hydrogen-bond donors (Lipinski definition) is 2. The molecule has 0 aromatic heterocycles. The van der Waals surface area contributed by atoms with E-state index in [2.05, 4.69) is 5.32 Å². The highest BCUT2D eigenvalue weighted by Crippen LogP contribution is 2.25. The number of amides is 2. The highest BCUT2D eigenvalue weighted by Gasteiger charge is 2.33. The summed E-state index contributed by atoms with van der Waals surface area (Å²) in [6.45, 7) is -0.390. The molecule has 2 amide bonds. The molecule has 1 atom stereocenters. The van der Waals surface area contributed by atoms with Gasteiger partial charge in [0.1, 0.15) is 0 Å². The SMILES string of the molecule is O=C(CNC(=O)C1CCCN(S(=O)(=O)c2ccc(Cl)cc2)C1)Nc1ccc(F)c(F)c1F. The Morgan fingerprint density at radius 2 is 1.75 bits per heavy atom. The monoisotopic (exact) mass is 489 g/mol. The van der Waals surface area contributed by atoms with Crippen LogP contribution in [0.3, 0.4) is 0 Å². The fourth-order valence-corrected chi connectivity index (χ4v) is 4.91. The Morgan fingerprint density at radius 1 is 1.06 bits per heavy atom. The summed E-state index contributed by atoms with van der Waals surface area (Å²) in [4.78, 5) is 24.5. The third-order valence-corrected chi connectivity index (χ3v) is 7.07. The molecule has 172 valence electrons. The van der Waals surface area contributed by atoms with Crippen molar-refractivity contribution in [3.63, 3.8) is 0 Å². The van der Waals surface area contributed by atoms with Gasteiger partial charge in [0.15, 0.2) is 17.5 Å². The van der Waals surface area contributed by atoms with E-state index in [4.69, 9.17) is 11.6 Å². The van der Waals surface area contributed by atoms with Crippen LogP contribution in [-0.4, -0.2) is 44.2 Å². The first-order chi connectivity index (χ1) is 15.1. The molecule has 3 rings (SSSR count). The molecule has 0 spiro atoms. The van der Waals surface area contributed by atoms with Gasteiger partial charge < -0.3 is 10.6 Å². The fourth-order valence-electron chi connectivity index (χ4n) is 3.26. The van der Waals surface area contributed by atoms with Crippen LogP contribution in [0, 0.1) is 23.4 Å². The van der Waals surface area contributed by atoms with Crippen LogP contribution in [0.2, 0.25) is 5.02 Å². The minimum atomic E-state index is -3.82. The Balaban J connectivity index is 1.58. The number of hydrogen-bond acceptors (Lipinski definition) is 4. The van der Waals surface area contributed by atoms with E-state index in [-0.39, 0.29) is 18.0 Å². The van der Waals surface area contributed by atoms with Gasteiger partial charge in [-0.05, 0) is 49.2 Å². The summed E-state index contributed by atoms with van der Waals surface area (Å²) in [6, 6.07) is 7.18. The molecular formula is C20H19ClF3N3O4S. The first-order valence-corrected chi connectivity index (χ1v) is 11.4. The summed E-state index contributed by atoms with van der Waals surface area (Å²) >= 11 is 5.80. The van der Waals surface area contributed by atoms with Crippen molar-refractivity contribution in [2.24, 2.45) is 5.92 Å². The molecule has 7 nitrogen and oxygen atoms in total. The van der Waals surface area contributed by atoms with Crippen LogP contribution in [0.15, 0.2) is 41.3 Å². The Kier molecular flexibility index (Phi) is 7.42. The van der Waals surface area contributed by atoms with Crippen LogP contribution in [0.25, 0.3) is 0 Å². The van der Waals surface area contributed by atoms with E-state index in [1.165, 1.54) is 28.6 Å². The Hall–Kier alpha value is -2.63. The molecule has 0 aliphatic carbocycles. The van der Waals surface area contributed by atoms with Crippen molar-refractivity contribution in [1.29, 1.82) is 0 Å². The average molecular weight is 490 g/mol. The second kappa shape index (κ2) is 9.88. The molecule has 1 aliphatic heterocycles. The first kappa shape index (κ1) is 24.0. The van der Waals surface area contributed by atoms with Gasteiger partial charge in [-0.1, -0.05) is 11.6 Å². The maximum atomic E-state index is 13.6. The van der Waals surface area contributed by atoms with Gasteiger partial charge in [0, 0.05) is 18.1 Å². The van der Waals surface area contributed by atoms with Crippen molar-refractivity contribution in [2.75, 3.05) is 25.0 Å². The van der Waals surface area contributed by atoms with E-state index in [1.54, 1.807) is 0 Å². The minimum absolute atomic E-state index is 0.0518. The molecule has 0 radical (unpaired) electrons. The van der Waals surface area contributed by atoms with Crippen molar-refractivity contribution in [3.8, 4) is 0 Å². The van der Waals surface area contributed by atoms with Crippen LogP contribution in [0.5, 0.6) is 0 Å². The van der Waals surface area contributed by atoms with Crippen LogP contribution < -0.4 is 10.6 Å². The van der Waals surface area contributed by atoms with Crippen molar-refractivity contribution in [3.05, 3.63) is 58.9 Å². The summed E-state index contributed by atoms with van der Waals surface area (Å²) in [5, 5.41) is 4.79. The molecule has 2 aromatic carbocycles. The standard InChI is InChI=1S/C20H19ClF3N3O4S/c21-13-3-5-14(6-4-13)32(30,31)27-9-1-2-12(11-27)20(29)25-10-17(28)26-16-8-7-15(22)18(23)19(16)24/h3-8,12H,1-2,9-11H2,(H,25,29)(H,26,28). The number of carbonyl (C=O) groups is 2. The van der Waals surface area contributed by atoms with Gasteiger partial charge in [-0.2, -0.15) is 4.31 Å². The predicted molar refractivity (Wildman–Crippen MR) is 111 cm³/mol. The molecule has 1 unspecified atom stereocenters. The lowest BCUT2D eigenvalue weighted by Gasteiger charge is -2.31. The fraction of sp³-hybridized carbons (Fsp3) is 0.300. The maximum Gasteiger partial charge on any atom is 0.243 e. The van der Waals surface area contributed by atoms with Gasteiger partial charge in [-0.15, -0.1) is 0 Å². The second-order valence-electron chi connectivity index (χ2n) is 7.15. The van der Waals surface area contributed by atoms with E-state index in [9.17, 15) is 31.2 Å². The molecule has 1 fully saturated rings. The lowest BCUT2D eigenvalue weighted by Crippen LogP contribution is -2.46. The molecule has 12 heteroatoms. The van der Waals surface area contributed by atoms with E-state index in [1.807, 2.05) is 5.32 Å². The number of rotatable bonds is 6. The highest BCUT2D eigenvalue weighted by atomic mass is 35.5. The topological polar surface area (TPSA) is 95.6 Å². The Labute approximate surface area is 187 Å².